The zero-order valence-corrected chi connectivity index (χ0v) is 21.4. The molecular formula is C29H37N5O2. The summed E-state index contributed by atoms with van der Waals surface area (Å²) in [4.78, 5) is 12.9. The lowest BCUT2D eigenvalue weighted by atomic mass is 9.96. The molecule has 3 heterocycles. The van der Waals surface area contributed by atoms with Gasteiger partial charge in [-0.3, -0.25) is 15.2 Å². The van der Waals surface area contributed by atoms with Crippen LogP contribution in [-0.2, 0) is 11.2 Å². The molecule has 0 amide bonds. The van der Waals surface area contributed by atoms with Crippen LogP contribution in [0.15, 0.2) is 47.5 Å². The van der Waals surface area contributed by atoms with Crippen LogP contribution < -0.4 is 0 Å². The summed E-state index contributed by atoms with van der Waals surface area (Å²) in [6.07, 6.45) is 3.16. The van der Waals surface area contributed by atoms with Gasteiger partial charge >= 0.3 is 0 Å². The van der Waals surface area contributed by atoms with Gasteiger partial charge in [0.2, 0.25) is 0 Å². The Hall–Kier alpha value is -3.00. The molecule has 36 heavy (non-hydrogen) atoms. The molecule has 1 fully saturated rings. The number of nitrogens with one attached hydrogen (secondary N) is 2. The molecule has 0 spiro atoms. The molecule has 1 saturated heterocycles. The van der Waals surface area contributed by atoms with E-state index in [2.05, 4.69) is 40.8 Å². The molecule has 0 bridgehead atoms. The maximum atomic E-state index is 10.6. The highest BCUT2D eigenvalue weighted by Crippen LogP contribution is 2.36. The van der Waals surface area contributed by atoms with Gasteiger partial charge in [0, 0.05) is 55.3 Å². The fourth-order valence-corrected chi connectivity index (χ4v) is 5.51. The summed E-state index contributed by atoms with van der Waals surface area (Å²) < 4.78 is 5.74. The lowest BCUT2D eigenvalue weighted by Crippen LogP contribution is -2.54. The molecule has 190 valence electrons. The number of H-pyrrole nitrogens is 1. The van der Waals surface area contributed by atoms with Crippen molar-refractivity contribution >= 4 is 28.0 Å². The van der Waals surface area contributed by atoms with Crippen LogP contribution in [0.4, 0.5) is 5.69 Å². The zero-order valence-electron chi connectivity index (χ0n) is 21.4. The second-order valence-electron chi connectivity index (χ2n) is 9.89. The number of piperazine rings is 1. The van der Waals surface area contributed by atoms with Crippen molar-refractivity contribution in [1.82, 2.24) is 14.8 Å². The Balaban J connectivity index is 1.32. The molecular weight excluding hydrogens is 450 g/mol. The number of benzene rings is 2. The summed E-state index contributed by atoms with van der Waals surface area (Å²) in [6.45, 7) is 11.3. The van der Waals surface area contributed by atoms with Gasteiger partial charge in [-0.15, -0.1) is 0 Å². The third-order valence-corrected chi connectivity index (χ3v) is 7.29. The number of rotatable bonds is 10. The molecule has 0 saturated carbocycles. The van der Waals surface area contributed by atoms with Crippen LogP contribution in [-0.4, -0.2) is 83.3 Å². The number of nitrogens with zero attached hydrogens (tertiary/aromatic N) is 3. The van der Waals surface area contributed by atoms with E-state index in [1.165, 1.54) is 5.56 Å². The van der Waals surface area contributed by atoms with Crippen LogP contribution in [0.5, 0.6) is 5.88 Å². The minimum Gasteiger partial charge on any atom is -0.494 e. The Morgan fingerprint density at radius 3 is 2.78 bits per heavy atom. The van der Waals surface area contributed by atoms with Crippen LogP contribution in [0.1, 0.15) is 43.4 Å². The van der Waals surface area contributed by atoms with Gasteiger partial charge in [-0.25, -0.2) is 4.99 Å². The Labute approximate surface area is 213 Å². The topological polar surface area (TPSA) is 87.9 Å². The van der Waals surface area contributed by atoms with Crippen molar-refractivity contribution in [1.29, 1.82) is 5.41 Å². The van der Waals surface area contributed by atoms with E-state index in [9.17, 15) is 5.11 Å². The van der Waals surface area contributed by atoms with E-state index in [0.29, 0.717) is 23.0 Å². The molecule has 7 nitrogen and oxygen atoms in total. The number of hydrogen-bond donors (Lipinski definition) is 3. The number of aromatic amines is 1. The Morgan fingerprint density at radius 2 is 1.94 bits per heavy atom. The highest BCUT2D eigenvalue weighted by molar-refractivity contribution is 6.57. The predicted molar refractivity (Wildman–Crippen MR) is 146 cm³/mol. The van der Waals surface area contributed by atoms with Gasteiger partial charge in [0.05, 0.1) is 23.6 Å². The molecule has 2 aliphatic heterocycles. The first-order valence-electron chi connectivity index (χ1n) is 13.2. The van der Waals surface area contributed by atoms with E-state index in [0.717, 1.165) is 87.4 Å². The first kappa shape index (κ1) is 24.7. The largest absolute Gasteiger partial charge is 0.494 e. The van der Waals surface area contributed by atoms with E-state index in [1.54, 1.807) is 0 Å². The summed E-state index contributed by atoms with van der Waals surface area (Å²) in [7, 11) is 0. The second kappa shape index (κ2) is 10.9. The highest BCUT2D eigenvalue weighted by atomic mass is 16.5. The second-order valence-corrected chi connectivity index (χ2v) is 9.89. The summed E-state index contributed by atoms with van der Waals surface area (Å²) >= 11 is 0. The van der Waals surface area contributed by atoms with Gasteiger partial charge < -0.3 is 14.8 Å². The van der Waals surface area contributed by atoms with E-state index >= 15 is 0 Å². The van der Waals surface area contributed by atoms with Gasteiger partial charge in [-0.2, -0.15) is 0 Å². The molecule has 0 aliphatic carbocycles. The molecule has 1 unspecified atom stereocenters. The van der Waals surface area contributed by atoms with Crippen LogP contribution in [0.2, 0.25) is 0 Å². The fraction of sp³-hybridized carbons (Fsp3) is 0.448. The van der Waals surface area contributed by atoms with E-state index in [4.69, 9.17) is 15.1 Å². The first-order valence-corrected chi connectivity index (χ1v) is 13.2. The number of aromatic hydroxyl groups is 1. The first-order chi connectivity index (χ1) is 17.6. The van der Waals surface area contributed by atoms with Gasteiger partial charge in [-0.1, -0.05) is 38.1 Å². The molecule has 1 aromatic heterocycles. The highest BCUT2D eigenvalue weighted by Gasteiger charge is 2.29. The number of hydrogen-bond acceptors (Lipinski definition) is 6. The number of para-hydroxylation sites is 1. The van der Waals surface area contributed by atoms with Crippen LogP contribution >= 0.6 is 0 Å². The molecule has 3 N–H and O–H groups in total. The fourth-order valence-electron chi connectivity index (χ4n) is 5.51. The monoisotopic (exact) mass is 487 g/mol. The maximum Gasteiger partial charge on any atom is 0.199 e. The molecule has 0 radical (unpaired) electrons. The van der Waals surface area contributed by atoms with E-state index in [1.807, 2.05) is 30.3 Å². The summed E-state index contributed by atoms with van der Waals surface area (Å²) in [5, 5.41) is 20.4. The Kier molecular flexibility index (Phi) is 7.51. The lowest BCUT2D eigenvalue weighted by Gasteiger charge is -2.41. The van der Waals surface area contributed by atoms with Crippen molar-refractivity contribution in [2.24, 2.45) is 4.99 Å². The van der Waals surface area contributed by atoms with Crippen molar-refractivity contribution < 1.29 is 9.84 Å². The lowest BCUT2D eigenvalue weighted by molar-refractivity contribution is 0.0459. The van der Waals surface area contributed by atoms with Crippen LogP contribution in [0, 0.1) is 5.41 Å². The van der Waals surface area contributed by atoms with Gasteiger partial charge in [0.1, 0.15) is 5.71 Å². The van der Waals surface area contributed by atoms with Gasteiger partial charge in [-0.05, 0) is 49.6 Å². The van der Waals surface area contributed by atoms with Crippen molar-refractivity contribution in [3.05, 3.63) is 59.2 Å². The molecule has 5 rings (SSSR count). The van der Waals surface area contributed by atoms with Crippen LogP contribution in [0.25, 0.3) is 10.9 Å². The predicted octanol–water partition coefficient (Wildman–Crippen LogP) is 4.74. The van der Waals surface area contributed by atoms with Gasteiger partial charge in [0.15, 0.2) is 5.88 Å². The SMILES string of the molecule is CCCOCCN1CCN(CCC)C(Cc2ccc3c(c2)C(=N)C(c2c(O)[nH]c4ccccc24)=N3)C1. The molecule has 2 aliphatic rings. The number of ether oxygens (including phenoxy) is 1. The molecule has 7 heteroatoms. The Morgan fingerprint density at radius 1 is 1.08 bits per heavy atom. The van der Waals surface area contributed by atoms with E-state index in [-0.39, 0.29) is 5.88 Å². The zero-order chi connectivity index (χ0) is 25.1. The minimum absolute atomic E-state index is 0.0631. The summed E-state index contributed by atoms with van der Waals surface area (Å²) in [6, 6.07) is 14.5. The van der Waals surface area contributed by atoms with E-state index < -0.39 is 0 Å². The molecule has 2 aromatic carbocycles. The standard InChI is InChI=1S/C29H37N5O2/c1-3-11-34-13-12-33(14-16-36-15-4-2)19-21(34)17-20-9-10-25-23(18-20)27(30)28(31-25)26-22-7-5-6-8-24(22)32-29(26)35/h5-10,18,21,30,32,35H,3-4,11-17,19H2,1-2H3. The Bertz CT molecular complexity index is 1260. The van der Waals surface area contributed by atoms with Gasteiger partial charge in [0.25, 0.3) is 0 Å². The van der Waals surface area contributed by atoms with Crippen molar-refractivity contribution in [3.8, 4) is 5.88 Å². The normalized spacial score (nSPS) is 18.7. The van der Waals surface area contributed by atoms with Crippen molar-refractivity contribution in [3.63, 3.8) is 0 Å². The number of aliphatic imine (C=N–C) groups is 1. The third-order valence-electron chi connectivity index (χ3n) is 7.29. The van der Waals surface area contributed by atoms with Crippen molar-refractivity contribution in [2.75, 3.05) is 45.9 Å². The average molecular weight is 488 g/mol. The minimum atomic E-state index is 0.0631. The number of fused-ring (bicyclic) bond motifs is 2. The summed E-state index contributed by atoms with van der Waals surface area (Å²) in [5.41, 5.74) is 5.22. The van der Waals surface area contributed by atoms with Crippen LogP contribution in [0.3, 0.4) is 0 Å². The quantitative estimate of drug-likeness (QED) is 0.361. The molecule has 3 aromatic rings. The summed E-state index contributed by atoms with van der Waals surface area (Å²) in [5.74, 6) is 0.0631. The smallest absolute Gasteiger partial charge is 0.199 e. The molecule has 1 atom stereocenters. The average Bonchev–Trinajstić information content (AvgIpc) is 3.38. The third kappa shape index (κ3) is 4.96. The maximum absolute atomic E-state index is 10.6. The number of aromatic nitrogens is 1. The van der Waals surface area contributed by atoms with Crippen molar-refractivity contribution in [2.45, 2.75) is 39.2 Å².